The van der Waals surface area contributed by atoms with Gasteiger partial charge in [0.1, 0.15) is 6.04 Å². The first-order chi connectivity index (χ1) is 10.0. The number of aliphatic hydroxyl groups is 1. The van der Waals surface area contributed by atoms with Gasteiger partial charge in [0.05, 0.1) is 6.61 Å². The molecule has 2 amide bonds. The molecule has 1 fully saturated rings. The van der Waals surface area contributed by atoms with E-state index >= 15 is 0 Å². The first-order valence-corrected chi connectivity index (χ1v) is 7.92. The highest BCUT2D eigenvalue weighted by Gasteiger charge is 2.30. The number of nitrogens with one attached hydrogen (secondary N) is 1. The van der Waals surface area contributed by atoms with Crippen molar-refractivity contribution in [1.29, 1.82) is 0 Å². The number of carbonyl (C=O) groups excluding carboxylic acids is 1. The molecule has 1 rings (SSSR count). The summed E-state index contributed by atoms with van der Waals surface area (Å²) in [6.07, 6.45) is 5.86. The summed E-state index contributed by atoms with van der Waals surface area (Å²) in [5.74, 6) is -1.14. The predicted octanol–water partition coefficient (Wildman–Crippen LogP) is 1.82. The van der Waals surface area contributed by atoms with Gasteiger partial charge in [-0.25, -0.2) is 9.59 Å². The average Bonchev–Trinajstić information content (AvgIpc) is 2.49. The Morgan fingerprint density at radius 3 is 2.38 bits per heavy atom. The minimum atomic E-state index is -1.01. The molecule has 0 aliphatic heterocycles. The molecule has 0 bridgehead atoms. The summed E-state index contributed by atoms with van der Waals surface area (Å²) in [6, 6.07) is -1.15. The van der Waals surface area contributed by atoms with E-state index in [0.29, 0.717) is 6.42 Å². The van der Waals surface area contributed by atoms with E-state index in [1.165, 1.54) is 6.42 Å². The van der Waals surface area contributed by atoms with Gasteiger partial charge < -0.3 is 20.4 Å². The summed E-state index contributed by atoms with van der Waals surface area (Å²) in [6.45, 7) is 3.86. The third-order valence-electron chi connectivity index (χ3n) is 4.38. The zero-order chi connectivity index (χ0) is 15.8. The van der Waals surface area contributed by atoms with Crippen molar-refractivity contribution in [1.82, 2.24) is 10.2 Å². The molecule has 3 N–H and O–H groups in total. The number of amides is 2. The Balaban J connectivity index is 2.72. The molecule has 0 spiro atoms. The minimum absolute atomic E-state index is 0.106. The first-order valence-electron chi connectivity index (χ1n) is 7.92. The summed E-state index contributed by atoms with van der Waals surface area (Å²) >= 11 is 0. The van der Waals surface area contributed by atoms with Crippen LogP contribution in [-0.4, -0.2) is 52.3 Å². The van der Waals surface area contributed by atoms with Crippen molar-refractivity contribution < 1.29 is 19.8 Å². The zero-order valence-electron chi connectivity index (χ0n) is 13.0. The van der Waals surface area contributed by atoms with Crippen molar-refractivity contribution in [2.24, 2.45) is 5.92 Å². The maximum Gasteiger partial charge on any atom is 0.326 e. The van der Waals surface area contributed by atoms with Gasteiger partial charge in [-0.15, -0.1) is 0 Å². The Kier molecular flexibility index (Phi) is 7.50. The monoisotopic (exact) mass is 300 g/mol. The molecule has 1 aliphatic carbocycles. The van der Waals surface area contributed by atoms with Gasteiger partial charge in [0.25, 0.3) is 0 Å². The molecule has 6 heteroatoms. The van der Waals surface area contributed by atoms with Gasteiger partial charge in [0.15, 0.2) is 0 Å². The standard InChI is InChI=1S/C15H28N2O4/c1-3-11(2)13(14(19)20)16-15(21)17(9-10-18)12-7-5-4-6-8-12/h11-13,18H,3-10H2,1-2H3,(H,16,21)(H,19,20)/t11-,13-/m0/s1. The number of rotatable bonds is 7. The molecule has 122 valence electrons. The molecule has 0 heterocycles. The smallest absolute Gasteiger partial charge is 0.326 e. The van der Waals surface area contributed by atoms with Gasteiger partial charge in [-0.2, -0.15) is 0 Å². The third-order valence-corrected chi connectivity index (χ3v) is 4.38. The van der Waals surface area contributed by atoms with Crippen LogP contribution in [0.4, 0.5) is 4.79 Å². The lowest BCUT2D eigenvalue weighted by atomic mass is 9.94. The van der Waals surface area contributed by atoms with Crippen LogP contribution < -0.4 is 5.32 Å². The molecule has 0 saturated heterocycles. The normalized spacial score (nSPS) is 18.8. The fourth-order valence-corrected chi connectivity index (χ4v) is 2.85. The van der Waals surface area contributed by atoms with Crippen molar-refractivity contribution in [2.45, 2.75) is 64.5 Å². The summed E-state index contributed by atoms with van der Waals surface area (Å²) in [7, 11) is 0. The Bertz CT molecular complexity index is 343. The number of carboxylic acid groups (broad SMARTS) is 1. The Labute approximate surface area is 126 Å². The number of urea groups is 1. The molecule has 1 saturated carbocycles. The van der Waals surface area contributed by atoms with E-state index in [4.69, 9.17) is 0 Å². The Morgan fingerprint density at radius 2 is 1.90 bits per heavy atom. The van der Waals surface area contributed by atoms with E-state index in [1.54, 1.807) is 4.90 Å². The molecular weight excluding hydrogens is 272 g/mol. The third kappa shape index (κ3) is 5.19. The lowest BCUT2D eigenvalue weighted by Crippen LogP contribution is -2.54. The van der Waals surface area contributed by atoms with E-state index < -0.39 is 12.0 Å². The molecule has 0 aromatic heterocycles. The fraction of sp³-hybridized carbons (Fsp3) is 0.867. The van der Waals surface area contributed by atoms with Crippen LogP contribution in [0, 0.1) is 5.92 Å². The highest BCUT2D eigenvalue weighted by atomic mass is 16.4. The van der Waals surface area contributed by atoms with E-state index in [-0.39, 0.29) is 31.1 Å². The number of carbonyl (C=O) groups is 2. The Hall–Kier alpha value is -1.30. The number of carboxylic acids is 1. The lowest BCUT2D eigenvalue weighted by molar-refractivity contribution is -0.140. The second-order valence-electron chi connectivity index (χ2n) is 5.86. The van der Waals surface area contributed by atoms with Crippen LogP contribution in [-0.2, 0) is 4.79 Å². The van der Waals surface area contributed by atoms with E-state index in [2.05, 4.69) is 5.32 Å². The number of hydrogen-bond donors (Lipinski definition) is 3. The van der Waals surface area contributed by atoms with E-state index in [0.717, 1.165) is 25.7 Å². The minimum Gasteiger partial charge on any atom is -0.480 e. The highest BCUT2D eigenvalue weighted by Crippen LogP contribution is 2.22. The van der Waals surface area contributed by atoms with Gasteiger partial charge in [-0.1, -0.05) is 39.5 Å². The summed E-state index contributed by atoms with van der Waals surface area (Å²) in [5.41, 5.74) is 0. The van der Waals surface area contributed by atoms with Crippen LogP contribution in [0.5, 0.6) is 0 Å². The van der Waals surface area contributed by atoms with E-state index in [1.807, 2.05) is 13.8 Å². The van der Waals surface area contributed by atoms with Crippen LogP contribution >= 0.6 is 0 Å². The number of hydrogen-bond acceptors (Lipinski definition) is 3. The summed E-state index contributed by atoms with van der Waals surface area (Å²) in [4.78, 5) is 25.3. The molecule has 0 aromatic carbocycles. The van der Waals surface area contributed by atoms with Gasteiger partial charge in [0.2, 0.25) is 0 Å². The van der Waals surface area contributed by atoms with Crippen LogP contribution in [0.25, 0.3) is 0 Å². The molecule has 21 heavy (non-hydrogen) atoms. The van der Waals surface area contributed by atoms with Gasteiger partial charge in [-0.3, -0.25) is 0 Å². The highest BCUT2D eigenvalue weighted by molar-refractivity contribution is 5.83. The number of aliphatic hydroxyl groups excluding tert-OH is 1. The largest absolute Gasteiger partial charge is 0.480 e. The first kappa shape index (κ1) is 17.8. The maximum absolute atomic E-state index is 12.4. The molecule has 6 nitrogen and oxygen atoms in total. The van der Waals surface area contributed by atoms with Crippen LogP contribution in [0.2, 0.25) is 0 Å². The second-order valence-corrected chi connectivity index (χ2v) is 5.86. The van der Waals surface area contributed by atoms with Crippen LogP contribution in [0.15, 0.2) is 0 Å². The van der Waals surface area contributed by atoms with Gasteiger partial charge in [-0.05, 0) is 18.8 Å². The summed E-state index contributed by atoms with van der Waals surface area (Å²) < 4.78 is 0. The van der Waals surface area contributed by atoms with Crippen molar-refractivity contribution in [2.75, 3.05) is 13.2 Å². The zero-order valence-corrected chi connectivity index (χ0v) is 13.0. The van der Waals surface area contributed by atoms with Gasteiger partial charge in [0, 0.05) is 12.6 Å². The summed E-state index contributed by atoms with van der Waals surface area (Å²) in [5, 5.41) is 21.1. The molecule has 0 radical (unpaired) electrons. The predicted molar refractivity (Wildman–Crippen MR) is 80.1 cm³/mol. The molecular formula is C15H28N2O4. The number of nitrogens with zero attached hydrogens (tertiary/aromatic N) is 1. The molecule has 0 unspecified atom stereocenters. The van der Waals surface area contributed by atoms with Crippen molar-refractivity contribution in [3.8, 4) is 0 Å². The van der Waals surface area contributed by atoms with Gasteiger partial charge >= 0.3 is 12.0 Å². The number of aliphatic carboxylic acids is 1. The average molecular weight is 300 g/mol. The van der Waals surface area contributed by atoms with Crippen molar-refractivity contribution >= 4 is 12.0 Å². The van der Waals surface area contributed by atoms with Crippen molar-refractivity contribution in [3.05, 3.63) is 0 Å². The fourth-order valence-electron chi connectivity index (χ4n) is 2.85. The van der Waals surface area contributed by atoms with Crippen molar-refractivity contribution in [3.63, 3.8) is 0 Å². The molecule has 1 aliphatic rings. The van der Waals surface area contributed by atoms with Crippen LogP contribution in [0.3, 0.4) is 0 Å². The molecule has 2 atom stereocenters. The SMILES string of the molecule is CC[C@H](C)[C@H](NC(=O)N(CCO)C1CCCCC1)C(=O)O. The molecule has 0 aromatic rings. The van der Waals surface area contributed by atoms with Crippen LogP contribution in [0.1, 0.15) is 52.4 Å². The second kappa shape index (κ2) is 8.87. The Morgan fingerprint density at radius 1 is 1.29 bits per heavy atom. The quantitative estimate of drug-likeness (QED) is 0.669. The maximum atomic E-state index is 12.4. The topological polar surface area (TPSA) is 89.9 Å². The lowest BCUT2D eigenvalue weighted by Gasteiger charge is -2.35. The van der Waals surface area contributed by atoms with E-state index in [9.17, 15) is 19.8 Å².